The van der Waals surface area contributed by atoms with Crippen molar-refractivity contribution < 1.29 is 24.1 Å². The molecule has 3 aliphatic rings. The minimum Gasteiger partial charge on any atom is -0.493 e. The fourth-order valence-corrected chi connectivity index (χ4v) is 7.25. The normalized spacial score (nSPS) is 17.7. The number of aromatic nitrogens is 1. The Morgan fingerprint density at radius 3 is 2.54 bits per heavy atom. The van der Waals surface area contributed by atoms with E-state index in [0.29, 0.717) is 30.3 Å². The number of carboxylic acids is 1. The van der Waals surface area contributed by atoms with Crippen LogP contribution in [0.25, 0.3) is 22.3 Å². The van der Waals surface area contributed by atoms with Gasteiger partial charge in [0.25, 0.3) is 0 Å². The van der Waals surface area contributed by atoms with Crippen molar-refractivity contribution in [2.45, 2.75) is 84.6 Å². The van der Waals surface area contributed by atoms with E-state index in [-0.39, 0.29) is 0 Å². The van der Waals surface area contributed by atoms with Crippen LogP contribution in [0.1, 0.15) is 79.8 Å². The van der Waals surface area contributed by atoms with E-state index in [1.807, 2.05) is 33.8 Å². The Balaban J connectivity index is 1.59. The summed E-state index contributed by atoms with van der Waals surface area (Å²) < 4.78 is 18.0. The quantitative estimate of drug-likeness (QED) is 0.278. The molecule has 0 aliphatic carbocycles. The zero-order valence-corrected chi connectivity index (χ0v) is 28.1. The van der Waals surface area contributed by atoms with Crippen LogP contribution in [0.3, 0.4) is 0 Å². The van der Waals surface area contributed by atoms with E-state index in [1.165, 1.54) is 11.1 Å². The third kappa shape index (κ3) is 7.31. The Kier molecular flexibility index (Phi) is 9.80. The molecule has 2 N–H and O–H groups in total. The molecule has 1 fully saturated rings. The fraction of sp³-hybridized carbons (Fsp3) is 0.526. The summed E-state index contributed by atoms with van der Waals surface area (Å²) in [5, 5.41) is 14.2. The number of hydrogen-bond acceptors (Lipinski definition) is 7. The van der Waals surface area contributed by atoms with Crippen LogP contribution in [0.5, 0.6) is 5.75 Å². The highest BCUT2D eigenvalue weighted by Crippen LogP contribution is 2.45. The number of ether oxygens (including phenoxy) is 3. The lowest BCUT2D eigenvalue weighted by Gasteiger charge is -2.31. The van der Waals surface area contributed by atoms with Crippen LogP contribution in [0.15, 0.2) is 36.4 Å². The lowest BCUT2D eigenvalue weighted by molar-refractivity contribution is -0.160. The molecule has 3 aromatic rings. The van der Waals surface area contributed by atoms with Gasteiger partial charge in [-0.3, -0.25) is 4.98 Å². The van der Waals surface area contributed by atoms with Crippen LogP contribution in [0.4, 0.5) is 0 Å². The molecule has 8 nitrogen and oxygen atoms in total. The van der Waals surface area contributed by atoms with Crippen molar-refractivity contribution in [2.24, 2.45) is 5.92 Å². The first-order chi connectivity index (χ1) is 22.1. The van der Waals surface area contributed by atoms with Crippen molar-refractivity contribution >= 4 is 5.97 Å². The van der Waals surface area contributed by atoms with Gasteiger partial charge in [-0.15, -0.1) is 0 Å². The number of aryl methyl sites for hydroxylation is 2. The highest BCUT2D eigenvalue weighted by atomic mass is 16.5. The maximum Gasteiger partial charge on any atom is 0.337 e. The number of rotatable bonds is 9. The smallest absolute Gasteiger partial charge is 0.337 e. The fourth-order valence-electron chi connectivity index (χ4n) is 7.25. The lowest BCUT2D eigenvalue weighted by atomic mass is 9.84. The molecule has 6 rings (SSSR count). The van der Waals surface area contributed by atoms with Crippen LogP contribution >= 0.6 is 0 Å². The highest BCUT2D eigenvalue weighted by Gasteiger charge is 2.34. The third-order valence-corrected chi connectivity index (χ3v) is 9.37. The second kappa shape index (κ2) is 13.8. The minimum absolute atomic E-state index is 0.579. The molecular weight excluding hydrogens is 578 g/mol. The largest absolute Gasteiger partial charge is 0.493 e. The Labute approximate surface area is 273 Å². The molecule has 2 aromatic carbocycles. The van der Waals surface area contributed by atoms with Crippen LogP contribution in [0.2, 0.25) is 0 Å². The van der Waals surface area contributed by atoms with Gasteiger partial charge in [-0.05, 0) is 125 Å². The molecule has 8 heteroatoms. The first kappa shape index (κ1) is 32.6. The summed E-state index contributed by atoms with van der Waals surface area (Å²) in [6, 6.07) is 13.0. The average molecular weight is 628 g/mol. The van der Waals surface area contributed by atoms with Gasteiger partial charge < -0.3 is 29.5 Å². The van der Waals surface area contributed by atoms with Crippen molar-refractivity contribution in [1.82, 2.24) is 15.2 Å². The molecular formula is C38H49N3O5. The van der Waals surface area contributed by atoms with Gasteiger partial charge in [-0.25, -0.2) is 4.79 Å². The zero-order chi connectivity index (χ0) is 32.4. The Morgan fingerprint density at radius 1 is 1.04 bits per heavy atom. The number of nitrogens with zero attached hydrogens (tertiary/aromatic N) is 2. The molecule has 4 heterocycles. The van der Waals surface area contributed by atoms with Crippen molar-refractivity contribution in [1.29, 1.82) is 0 Å². The van der Waals surface area contributed by atoms with E-state index in [4.69, 9.17) is 19.2 Å². The van der Waals surface area contributed by atoms with Crippen LogP contribution < -0.4 is 10.1 Å². The monoisotopic (exact) mass is 627 g/mol. The Hall–Kier alpha value is -3.30. The zero-order valence-electron chi connectivity index (χ0n) is 28.1. The van der Waals surface area contributed by atoms with Gasteiger partial charge in [0.2, 0.25) is 0 Å². The predicted molar refractivity (Wildman–Crippen MR) is 180 cm³/mol. The Morgan fingerprint density at radius 2 is 1.78 bits per heavy atom. The van der Waals surface area contributed by atoms with Crippen LogP contribution in [-0.4, -0.2) is 66.5 Å². The van der Waals surface area contributed by atoms with Gasteiger partial charge >= 0.3 is 5.97 Å². The molecule has 0 radical (unpaired) electrons. The standard InChI is InChI=1S/C38H49N3O5/c1-24-33(36(37(42)43)46-38(2,3)4)35(29-10-11-32-27(20-29)7-6-16-45-32)34(28-8-9-30-21-39-15-12-26(30)19-28)31(40-24)23-41(5)22-25-13-17-44-18-14-25/h8-11,19-20,25,36,39H,6-7,12-18,21-23H2,1-5H3,(H,42,43). The van der Waals surface area contributed by atoms with E-state index >= 15 is 0 Å². The van der Waals surface area contributed by atoms with Gasteiger partial charge in [0, 0.05) is 49.7 Å². The molecule has 246 valence electrons. The Bertz CT molecular complexity index is 1570. The summed E-state index contributed by atoms with van der Waals surface area (Å²) in [5.41, 5.74) is 9.25. The van der Waals surface area contributed by atoms with E-state index in [1.54, 1.807) is 0 Å². The van der Waals surface area contributed by atoms with Gasteiger partial charge in [0.15, 0.2) is 6.10 Å². The number of carboxylic acid groups (broad SMARTS) is 1. The molecule has 0 bridgehead atoms. The molecule has 0 spiro atoms. The molecule has 1 aromatic heterocycles. The summed E-state index contributed by atoms with van der Waals surface area (Å²) in [6.07, 6.45) is 3.76. The second-order valence-corrected chi connectivity index (χ2v) is 14.2. The molecule has 0 amide bonds. The first-order valence-corrected chi connectivity index (χ1v) is 16.9. The van der Waals surface area contributed by atoms with Gasteiger partial charge in [0.1, 0.15) is 5.75 Å². The molecule has 3 aliphatic heterocycles. The van der Waals surface area contributed by atoms with Crippen LogP contribution in [0, 0.1) is 12.8 Å². The molecule has 1 saturated heterocycles. The van der Waals surface area contributed by atoms with Crippen molar-refractivity contribution in [3.8, 4) is 28.0 Å². The summed E-state index contributed by atoms with van der Waals surface area (Å²) in [6.45, 7) is 13.4. The van der Waals surface area contributed by atoms with E-state index in [2.05, 4.69) is 47.6 Å². The van der Waals surface area contributed by atoms with Crippen molar-refractivity contribution in [2.75, 3.05) is 40.0 Å². The van der Waals surface area contributed by atoms with E-state index in [9.17, 15) is 9.90 Å². The van der Waals surface area contributed by atoms with E-state index in [0.717, 1.165) is 104 Å². The topological polar surface area (TPSA) is 93.2 Å². The number of fused-ring (bicyclic) bond motifs is 2. The third-order valence-electron chi connectivity index (χ3n) is 9.37. The minimum atomic E-state index is -1.19. The van der Waals surface area contributed by atoms with Crippen molar-refractivity contribution in [3.05, 3.63) is 70.0 Å². The SMILES string of the molecule is Cc1nc(CN(C)CC2CCOCC2)c(-c2ccc3c(c2)CCNC3)c(-c2ccc3c(c2)CCCO3)c1C(OC(C)(C)C)C(=O)O. The first-order valence-electron chi connectivity index (χ1n) is 16.9. The van der Waals surface area contributed by atoms with E-state index < -0.39 is 17.7 Å². The number of benzene rings is 2. The molecule has 46 heavy (non-hydrogen) atoms. The molecule has 0 saturated carbocycles. The number of hydrogen-bond donors (Lipinski definition) is 2. The highest BCUT2D eigenvalue weighted by molar-refractivity contribution is 5.91. The number of pyridine rings is 1. The molecule has 1 unspecified atom stereocenters. The van der Waals surface area contributed by atoms with Crippen molar-refractivity contribution in [3.63, 3.8) is 0 Å². The maximum atomic E-state index is 13.1. The summed E-state index contributed by atoms with van der Waals surface area (Å²) in [5.74, 6) is 0.465. The maximum absolute atomic E-state index is 13.1. The van der Waals surface area contributed by atoms with Crippen LogP contribution in [-0.2, 0) is 40.2 Å². The molecule has 1 atom stereocenters. The van der Waals surface area contributed by atoms with Gasteiger partial charge in [-0.1, -0.05) is 24.3 Å². The van der Waals surface area contributed by atoms with Gasteiger partial charge in [0.05, 0.1) is 17.9 Å². The lowest BCUT2D eigenvalue weighted by Crippen LogP contribution is -2.31. The number of aliphatic carboxylic acids is 1. The second-order valence-electron chi connectivity index (χ2n) is 14.2. The number of carbonyl (C=O) groups is 1. The summed E-state index contributed by atoms with van der Waals surface area (Å²) in [4.78, 5) is 20.7. The summed E-state index contributed by atoms with van der Waals surface area (Å²) in [7, 11) is 2.17. The average Bonchev–Trinajstić information content (AvgIpc) is 3.03. The van der Waals surface area contributed by atoms with Gasteiger partial charge in [-0.2, -0.15) is 0 Å². The predicted octanol–water partition coefficient (Wildman–Crippen LogP) is 6.49. The number of nitrogens with one attached hydrogen (secondary N) is 1. The summed E-state index contributed by atoms with van der Waals surface area (Å²) >= 11 is 0.